The van der Waals surface area contributed by atoms with Crippen molar-refractivity contribution in [1.82, 2.24) is 4.90 Å². The molecule has 3 rings (SSSR count). The predicted octanol–water partition coefficient (Wildman–Crippen LogP) is 4.58. The van der Waals surface area contributed by atoms with Gasteiger partial charge in [0.1, 0.15) is 5.75 Å². The first-order valence-electron chi connectivity index (χ1n) is 9.68. The average Bonchev–Trinajstić information content (AvgIpc) is 2.69. The van der Waals surface area contributed by atoms with Gasteiger partial charge in [0.2, 0.25) is 0 Å². The highest BCUT2D eigenvalue weighted by Crippen LogP contribution is 2.31. The Morgan fingerprint density at radius 1 is 1.14 bits per heavy atom. The lowest BCUT2D eigenvalue weighted by molar-refractivity contribution is 0.165. The van der Waals surface area contributed by atoms with Gasteiger partial charge in [-0.3, -0.25) is 9.89 Å². The number of nitrogens with two attached hydrogens (primary N) is 1. The number of rotatable bonds is 6. The molecular formula is C22H31IN4O. The molecule has 1 atom stereocenters. The number of anilines is 1. The smallest absolute Gasteiger partial charge is 0.193 e. The number of aryl methyl sites for hydroxylation is 1. The minimum Gasteiger partial charge on any atom is -0.496 e. The van der Waals surface area contributed by atoms with Gasteiger partial charge in [-0.2, -0.15) is 0 Å². The van der Waals surface area contributed by atoms with Crippen LogP contribution in [0.15, 0.2) is 53.5 Å². The standard InChI is InChI=1S/C22H30N4O.HI/c1-17-9-8-10-18(15-17)25-22(23)24-16-20(26-13-6-3-7-14-26)19-11-4-5-12-21(19)27-2;/h4-5,8-12,15,20H,3,6-7,13-14,16H2,1-2H3,(H3,23,24,25);1H. The Morgan fingerprint density at radius 3 is 2.61 bits per heavy atom. The largest absolute Gasteiger partial charge is 0.496 e. The van der Waals surface area contributed by atoms with Crippen molar-refractivity contribution in [3.8, 4) is 5.75 Å². The minimum atomic E-state index is 0. The molecule has 2 aromatic rings. The number of benzene rings is 2. The van der Waals surface area contributed by atoms with E-state index < -0.39 is 0 Å². The molecule has 152 valence electrons. The summed E-state index contributed by atoms with van der Waals surface area (Å²) in [5.74, 6) is 1.35. The van der Waals surface area contributed by atoms with Gasteiger partial charge >= 0.3 is 0 Å². The van der Waals surface area contributed by atoms with Crippen LogP contribution >= 0.6 is 24.0 Å². The summed E-state index contributed by atoms with van der Waals surface area (Å²) in [5.41, 5.74) is 9.50. The SMILES string of the molecule is COc1ccccc1C(CN=C(N)Nc1cccc(C)c1)N1CCCCC1.I. The van der Waals surface area contributed by atoms with Gasteiger partial charge in [0.25, 0.3) is 0 Å². The molecule has 2 aromatic carbocycles. The molecule has 1 fully saturated rings. The van der Waals surface area contributed by atoms with Crippen LogP contribution in [-0.2, 0) is 0 Å². The maximum Gasteiger partial charge on any atom is 0.193 e. The predicted molar refractivity (Wildman–Crippen MR) is 128 cm³/mol. The molecule has 3 N–H and O–H groups in total. The van der Waals surface area contributed by atoms with Crippen molar-refractivity contribution in [3.63, 3.8) is 0 Å². The molecule has 1 aliphatic rings. The van der Waals surface area contributed by atoms with E-state index in [9.17, 15) is 0 Å². The Morgan fingerprint density at radius 2 is 1.89 bits per heavy atom. The van der Waals surface area contributed by atoms with Gasteiger partial charge in [-0.1, -0.05) is 36.8 Å². The molecule has 0 saturated carbocycles. The molecule has 6 heteroatoms. The Labute approximate surface area is 185 Å². The van der Waals surface area contributed by atoms with E-state index in [1.807, 2.05) is 24.3 Å². The Balaban J connectivity index is 0.00000280. The van der Waals surface area contributed by atoms with Gasteiger partial charge in [-0.15, -0.1) is 24.0 Å². The maximum absolute atomic E-state index is 6.17. The normalized spacial score (nSPS) is 16.1. The zero-order valence-electron chi connectivity index (χ0n) is 16.7. The van der Waals surface area contributed by atoms with Gasteiger partial charge in [0.05, 0.1) is 19.7 Å². The van der Waals surface area contributed by atoms with E-state index >= 15 is 0 Å². The highest BCUT2D eigenvalue weighted by atomic mass is 127. The molecule has 0 bridgehead atoms. The highest BCUT2D eigenvalue weighted by Gasteiger charge is 2.24. The molecule has 1 saturated heterocycles. The molecule has 0 aliphatic carbocycles. The van der Waals surface area contributed by atoms with E-state index in [0.717, 1.165) is 24.5 Å². The van der Waals surface area contributed by atoms with Crippen molar-refractivity contribution in [1.29, 1.82) is 0 Å². The van der Waals surface area contributed by atoms with Crippen molar-refractivity contribution in [3.05, 3.63) is 59.7 Å². The van der Waals surface area contributed by atoms with Crippen molar-refractivity contribution in [2.24, 2.45) is 10.7 Å². The van der Waals surface area contributed by atoms with Gasteiger partial charge in [0.15, 0.2) is 5.96 Å². The lowest BCUT2D eigenvalue weighted by atomic mass is 10.0. The molecule has 0 spiro atoms. The monoisotopic (exact) mass is 494 g/mol. The van der Waals surface area contributed by atoms with Crippen LogP contribution in [-0.4, -0.2) is 37.6 Å². The number of likely N-dealkylation sites (tertiary alicyclic amines) is 1. The van der Waals surface area contributed by atoms with Gasteiger partial charge < -0.3 is 15.8 Å². The zero-order valence-corrected chi connectivity index (χ0v) is 19.1. The first-order chi connectivity index (χ1) is 13.2. The van der Waals surface area contributed by atoms with Gasteiger partial charge in [-0.25, -0.2) is 0 Å². The Bertz CT molecular complexity index is 775. The summed E-state index contributed by atoms with van der Waals surface area (Å²) in [6.07, 6.45) is 3.76. The summed E-state index contributed by atoms with van der Waals surface area (Å²) in [5, 5.41) is 3.20. The number of ether oxygens (including phenoxy) is 1. The Kier molecular flexibility index (Phi) is 9.05. The molecule has 0 amide bonds. The van der Waals surface area contributed by atoms with Crippen molar-refractivity contribution in [2.45, 2.75) is 32.2 Å². The molecular weight excluding hydrogens is 463 g/mol. The summed E-state index contributed by atoms with van der Waals surface area (Å²) >= 11 is 0. The van der Waals surface area contributed by atoms with E-state index in [4.69, 9.17) is 10.5 Å². The molecule has 1 aliphatic heterocycles. The van der Waals surface area contributed by atoms with Crippen LogP contribution in [0.5, 0.6) is 5.75 Å². The summed E-state index contributed by atoms with van der Waals surface area (Å²) in [6, 6.07) is 16.5. The van der Waals surface area contributed by atoms with Gasteiger partial charge in [0, 0.05) is 11.3 Å². The number of nitrogens with zero attached hydrogens (tertiary/aromatic N) is 2. The molecule has 1 unspecified atom stereocenters. The number of hydrogen-bond acceptors (Lipinski definition) is 3. The third-order valence-electron chi connectivity index (χ3n) is 5.05. The summed E-state index contributed by atoms with van der Waals surface area (Å²) in [4.78, 5) is 7.17. The molecule has 1 heterocycles. The summed E-state index contributed by atoms with van der Waals surface area (Å²) < 4.78 is 5.61. The minimum absolute atomic E-state index is 0. The lowest BCUT2D eigenvalue weighted by Crippen LogP contribution is -2.36. The number of para-hydroxylation sites is 1. The third kappa shape index (κ3) is 6.10. The second kappa shape index (κ2) is 11.3. The number of halogens is 1. The fraction of sp³-hybridized carbons (Fsp3) is 0.409. The quantitative estimate of drug-likeness (QED) is 0.351. The number of methoxy groups -OCH3 is 1. The fourth-order valence-electron chi connectivity index (χ4n) is 3.68. The van der Waals surface area contributed by atoms with Crippen LogP contribution in [0, 0.1) is 6.92 Å². The summed E-state index contributed by atoms with van der Waals surface area (Å²) in [6.45, 7) is 4.84. The molecule has 0 aromatic heterocycles. The van der Waals surface area contributed by atoms with Crippen LogP contribution in [0.25, 0.3) is 0 Å². The number of piperidine rings is 1. The number of hydrogen-bond donors (Lipinski definition) is 2. The van der Waals surface area contributed by atoms with E-state index in [1.165, 1.54) is 30.4 Å². The highest BCUT2D eigenvalue weighted by molar-refractivity contribution is 14.0. The molecule has 0 radical (unpaired) electrons. The first-order valence-corrected chi connectivity index (χ1v) is 9.68. The topological polar surface area (TPSA) is 62.9 Å². The van der Waals surface area contributed by atoms with E-state index in [2.05, 4.69) is 46.4 Å². The number of guanidine groups is 1. The maximum atomic E-state index is 6.17. The van der Waals surface area contributed by atoms with Crippen LogP contribution in [0.3, 0.4) is 0 Å². The van der Waals surface area contributed by atoms with E-state index in [1.54, 1.807) is 7.11 Å². The van der Waals surface area contributed by atoms with Crippen LogP contribution < -0.4 is 15.8 Å². The van der Waals surface area contributed by atoms with Crippen LogP contribution in [0.4, 0.5) is 5.69 Å². The van der Waals surface area contributed by atoms with Crippen molar-refractivity contribution in [2.75, 3.05) is 32.1 Å². The third-order valence-corrected chi connectivity index (χ3v) is 5.05. The van der Waals surface area contributed by atoms with Crippen LogP contribution in [0.1, 0.15) is 36.4 Å². The first kappa shape index (κ1) is 22.5. The van der Waals surface area contributed by atoms with Gasteiger partial charge in [-0.05, 0) is 56.6 Å². The van der Waals surface area contributed by atoms with Crippen molar-refractivity contribution >= 4 is 35.6 Å². The van der Waals surface area contributed by atoms with Crippen molar-refractivity contribution < 1.29 is 4.74 Å². The zero-order chi connectivity index (χ0) is 19.1. The average molecular weight is 494 g/mol. The van der Waals surface area contributed by atoms with E-state index in [-0.39, 0.29) is 30.0 Å². The van der Waals surface area contributed by atoms with E-state index in [0.29, 0.717) is 12.5 Å². The Hall–Kier alpha value is -1.80. The lowest BCUT2D eigenvalue weighted by Gasteiger charge is -2.34. The summed E-state index contributed by atoms with van der Waals surface area (Å²) in [7, 11) is 1.73. The molecule has 5 nitrogen and oxygen atoms in total. The second-order valence-electron chi connectivity index (χ2n) is 7.07. The molecule has 28 heavy (non-hydrogen) atoms. The number of aliphatic imine (C=N–C) groups is 1. The number of nitrogens with one attached hydrogen (secondary N) is 1. The van der Waals surface area contributed by atoms with Crippen LogP contribution in [0.2, 0.25) is 0 Å². The second-order valence-corrected chi connectivity index (χ2v) is 7.07. The fourth-order valence-corrected chi connectivity index (χ4v) is 3.68.